The molecule has 3 rings (SSSR count). The number of hydrogen-bond donors (Lipinski definition) is 4. The number of benzene rings is 1. The minimum Gasteiger partial charge on any atom is -0.481 e. The number of aliphatic carboxylic acids is 1. The summed E-state index contributed by atoms with van der Waals surface area (Å²) in [6.07, 6.45) is 3.43. The number of likely N-dealkylation sites (tertiary alicyclic amines) is 1. The van der Waals surface area contributed by atoms with Crippen molar-refractivity contribution < 1.29 is 24.3 Å². The molecule has 0 bridgehead atoms. The first kappa shape index (κ1) is 24.7. The van der Waals surface area contributed by atoms with Gasteiger partial charge in [0, 0.05) is 25.1 Å². The topological polar surface area (TPSA) is 128 Å². The van der Waals surface area contributed by atoms with Gasteiger partial charge in [0.1, 0.15) is 6.17 Å². The Morgan fingerprint density at radius 1 is 1.06 bits per heavy atom. The van der Waals surface area contributed by atoms with Gasteiger partial charge in [0.25, 0.3) is 5.91 Å². The Labute approximate surface area is 194 Å². The van der Waals surface area contributed by atoms with Gasteiger partial charge in [-0.25, -0.2) is 0 Å². The second-order valence-corrected chi connectivity index (χ2v) is 8.91. The second-order valence-electron chi connectivity index (χ2n) is 8.91. The van der Waals surface area contributed by atoms with Gasteiger partial charge in [-0.3, -0.25) is 19.2 Å². The van der Waals surface area contributed by atoms with Crippen molar-refractivity contribution in [3.05, 3.63) is 35.9 Å². The SMILES string of the molecule is O=C(O)C[C@@H](NC(=O)c1ccccc1)NC(=O)[C@@H]1CCCN(C(=O)CCC2CCNCC2)C1. The van der Waals surface area contributed by atoms with Crippen LogP contribution in [0.1, 0.15) is 55.3 Å². The molecular formula is C24H34N4O5. The van der Waals surface area contributed by atoms with E-state index in [1.807, 2.05) is 0 Å². The number of nitrogens with zero attached hydrogens (tertiary/aromatic N) is 1. The molecule has 0 radical (unpaired) electrons. The summed E-state index contributed by atoms with van der Waals surface area (Å²) in [4.78, 5) is 51.1. The third kappa shape index (κ3) is 7.85. The zero-order valence-corrected chi connectivity index (χ0v) is 18.9. The summed E-state index contributed by atoms with van der Waals surface area (Å²) >= 11 is 0. The van der Waals surface area contributed by atoms with Crippen LogP contribution in [0.3, 0.4) is 0 Å². The van der Waals surface area contributed by atoms with Gasteiger partial charge in [-0.05, 0) is 63.2 Å². The van der Waals surface area contributed by atoms with Gasteiger partial charge < -0.3 is 26.0 Å². The third-order valence-corrected chi connectivity index (χ3v) is 6.41. The van der Waals surface area contributed by atoms with Gasteiger partial charge in [-0.1, -0.05) is 18.2 Å². The molecule has 1 aromatic rings. The molecule has 9 heteroatoms. The van der Waals surface area contributed by atoms with E-state index in [1.54, 1.807) is 35.2 Å². The Morgan fingerprint density at radius 2 is 1.79 bits per heavy atom. The molecule has 0 spiro atoms. The molecule has 0 saturated carbocycles. The van der Waals surface area contributed by atoms with Gasteiger partial charge in [0.15, 0.2) is 0 Å². The lowest BCUT2D eigenvalue weighted by molar-refractivity contribution is -0.138. The molecule has 3 amide bonds. The van der Waals surface area contributed by atoms with Crippen LogP contribution < -0.4 is 16.0 Å². The van der Waals surface area contributed by atoms with Crippen molar-refractivity contribution in [2.75, 3.05) is 26.2 Å². The molecule has 0 aromatic heterocycles. The first-order chi connectivity index (χ1) is 15.9. The van der Waals surface area contributed by atoms with Crippen molar-refractivity contribution in [3.63, 3.8) is 0 Å². The van der Waals surface area contributed by atoms with E-state index in [-0.39, 0.29) is 11.8 Å². The number of carbonyl (C=O) groups is 4. The summed E-state index contributed by atoms with van der Waals surface area (Å²) in [5.74, 6) is -1.71. The average Bonchev–Trinajstić information content (AvgIpc) is 2.83. The number of rotatable bonds is 9. The fourth-order valence-corrected chi connectivity index (χ4v) is 4.51. The molecule has 33 heavy (non-hydrogen) atoms. The van der Waals surface area contributed by atoms with Gasteiger partial charge in [-0.2, -0.15) is 0 Å². The molecule has 1 aromatic carbocycles. The predicted octanol–water partition coefficient (Wildman–Crippen LogP) is 1.35. The molecule has 4 N–H and O–H groups in total. The molecule has 2 aliphatic rings. The van der Waals surface area contributed by atoms with Crippen molar-refractivity contribution in [3.8, 4) is 0 Å². The normalized spacial score (nSPS) is 20.0. The zero-order chi connectivity index (χ0) is 23.6. The summed E-state index contributed by atoms with van der Waals surface area (Å²) in [5.41, 5.74) is 0.380. The molecular weight excluding hydrogens is 424 g/mol. The van der Waals surface area contributed by atoms with E-state index >= 15 is 0 Å². The highest BCUT2D eigenvalue weighted by molar-refractivity contribution is 5.95. The highest BCUT2D eigenvalue weighted by Gasteiger charge is 2.30. The molecule has 180 valence electrons. The summed E-state index contributed by atoms with van der Waals surface area (Å²) in [5, 5.41) is 17.8. The Bertz CT molecular complexity index is 825. The molecule has 9 nitrogen and oxygen atoms in total. The smallest absolute Gasteiger partial charge is 0.307 e. The number of amides is 3. The fourth-order valence-electron chi connectivity index (χ4n) is 4.51. The van der Waals surface area contributed by atoms with Crippen molar-refractivity contribution in [1.29, 1.82) is 0 Å². The molecule has 2 heterocycles. The van der Waals surface area contributed by atoms with Gasteiger partial charge in [-0.15, -0.1) is 0 Å². The van der Waals surface area contributed by atoms with Gasteiger partial charge in [0.2, 0.25) is 11.8 Å². The maximum Gasteiger partial charge on any atom is 0.307 e. The number of hydrogen-bond acceptors (Lipinski definition) is 5. The van der Waals surface area contributed by atoms with Crippen LogP contribution in [0.25, 0.3) is 0 Å². The highest BCUT2D eigenvalue weighted by atomic mass is 16.4. The minimum absolute atomic E-state index is 0.0745. The van der Waals surface area contributed by atoms with E-state index in [1.165, 1.54) is 0 Å². The molecule has 0 unspecified atom stereocenters. The summed E-state index contributed by atoms with van der Waals surface area (Å²) < 4.78 is 0. The van der Waals surface area contributed by atoms with Crippen molar-refractivity contribution in [2.24, 2.45) is 11.8 Å². The first-order valence-corrected chi connectivity index (χ1v) is 11.8. The summed E-state index contributed by atoms with van der Waals surface area (Å²) in [6.45, 7) is 2.97. The fraction of sp³-hybridized carbons (Fsp3) is 0.583. The molecule has 2 atom stereocenters. The van der Waals surface area contributed by atoms with Crippen molar-refractivity contribution in [1.82, 2.24) is 20.9 Å². The van der Waals surface area contributed by atoms with E-state index in [0.717, 1.165) is 38.8 Å². The lowest BCUT2D eigenvalue weighted by atomic mass is 9.92. The van der Waals surface area contributed by atoms with Crippen LogP contribution in [-0.4, -0.2) is 66.0 Å². The Hall–Kier alpha value is -2.94. The number of carbonyl (C=O) groups excluding carboxylic acids is 3. The van der Waals surface area contributed by atoms with E-state index in [9.17, 15) is 24.3 Å². The quantitative estimate of drug-likeness (QED) is 0.414. The Balaban J connectivity index is 1.52. The maximum atomic E-state index is 12.9. The highest BCUT2D eigenvalue weighted by Crippen LogP contribution is 2.21. The monoisotopic (exact) mass is 458 g/mol. The van der Waals surface area contributed by atoms with Gasteiger partial charge in [0.05, 0.1) is 12.3 Å². The van der Waals surface area contributed by atoms with Crippen LogP contribution in [0.2, 0.25) is 0 Å². The third-order valence-electron chi connectivity index (χ3n) is 6.41. The first-order valence-electron chi connectivity index (χ1n) is 11.8. The minimum atomic E-state index is -1.13. The van der Waals surface area contributed by atoms with E-state index in [2.05, 4.69) is 16.0 Å². The standard InChI is InChI=1S/C24H34N4O5/c29-21(9-8-17-10-12-25-13-11-17)28-14-4-7-19(16-28)24(33)27-20(15-22(30)31)26-23(32)18-5-2-1-3-6-18/h1-3,5-6,17,19-20,25H,4,7-16H2,(H,26,32)(H,27,33)(H,30,31)/t19-,20+/m1/s1. The molecule has 2 saturated heterocycles. The van der Waals surface area contributed by atoms with Crippen LogP contribution in [0.4, 0.5) is 0 Å². The largest absolute Gasteiger partial charge is 0.481 e. The predicted molar refractivity (Wildman–Crippen MR) is 122 cm³/mol. The number of piperidine rings is 2. The van der Waals surface area contributed by atoms with E-state index in [4.69, 9.17) is 0 Å². The lowest BCUT2D eigenvalue weighted by Crippen LogP contribution is -2.53. The van der Waals surface area contributed by atoms with Crippen molar-refractivity contribution >= 4 is 23.7 Å². The molecule has 2 fully saturated rings. The number of nitrogens with one attached hydrogen (secondary N) is 3. The van der Waals surface area contributed by atoms with Gasteiger partial charge >= 0.3 is 5.97 Å². The lowest BCUT2D eigenvalue weighted by Gasteiger charge is -2.33. The Morgan fingerprint density at radius 3 is 2.48 bits per heavy atom. The summed E-state index contributed by atoms with van der Waals surface area (Å²) in [6, 6.07) is 8.42. The number of carboxylic acid groups (broad SMARTS) is 1. The molecule has 2 aliphatic heterocycles. The van der Waals surface area contributed by atoms with Crippen LogP contribution in [0, 0.1) is 11.8 Å². The summed E-state index contributed by atoms with van der Waals surface area (Å²) in [7, 11) is 0. The second kappa shape index (κ2) is 12.3. The van der Waals surface area contributed by atoms with Crippen LogP contribution in [-0.2, 0) is 14.4 Å². The van der Waals surface area contributed by atoms with Crippen molar-refractivity contribution in [2.45, 2.75) is 51.1 Å². The zero-order valence-electron chi connectivity index (χ0n) is 18.9. The molecule has 0 aliphatic carbocycles. The number of carboxylic acids is 1. The Kier molecular flexibility index (Phi) is 9.24. The van der Waals surface area contributed by atoms with Crippen LogP contribution in [0.5, 0.6) is 0 Å². The van der Waals surface area contributed by atoms with Crippen LogP contribution >= 0.6 is 0 Å². The van der Waals surface area contributed by atoms with Crippen LogP contribution in [0.15, 0.2) is 30.3 Å². The van der Waals surface area contributed by atoms with E-state index in [0.29, 0.717) is 37.4 Å². The average molecular weight is 459 g/mol. The maximum absolute atomic E-state index is 12.9. The van der Waals surface area contributed by atoms with E-state index < -0.39 is 30.4 Å².